The Balaban J connectivity index is 1.91. The minimum Gasteiger partial charge on any atom is -0.352 e. The summed E-state index contributed by atoms with van der Waals surface area (Å²) in [6.45, 7) is 8.44. The molecule has 2 aromatic heterocycles. The molecule has 0 radical (unpaired) electrons. The van der Waals surface area contributed by atoms with Crippen molar-refractivity contribution in [2.45, 2.75) is 32.2 Å². The molecule has 1 saturated heterocycles. The zero-order chi connectivity index (χ0) is 14.5. The predicted octanol–water partition coefficient (Wildman–Crippen LogP) is 1.17. The van der Waals surface area contributed by atoms with Gasteiger partial charge in [0, 0.05) is 24.5 Å². The molecule has 0 N–H and O–H groups in total. The Bertz CT molecular complexity index is 618. The molecule has 1 aliphatic rings. The lowest BCUT2D eigenvalue weighted by Crippen LogP contribution is -2.57. The first-order valence-corrected chi connectivity index (χ1v) is 7.00. The molecule has 0 unspecified atom stereocenters. The van der Waals surface area contributed by atoms with E-state index in [1.165, 1.54) is 0 Å². The standard InChI is InChI=1S/C14H22N6/c1-14(2,3)13-16-15-11-6-7-12(17-20(11)13)19-8-10(9-19)18(4)5/h6-7,10H,8-9H2,1-5H3. The van der Waals surface area contributed by atoms with E-state index in [0.29, 0.717) is 6.04 Å². The molecule has 0 spiro atoms. The zero-order valence-corrected chi connectivity index (χ0v) is 12.8. The molecule has 0 amide bonds. The van der Waals surface area contributed by atoms with E-state index in [2.05, 4.69) is 54.9 Å². The third kappa shape index (κ3) is 2.14. The van der Waals surface area contributed by atoms with Crippen LogP contribution in [0.3, 0.4) is 0 Å². The van der Waals surface area contributed by atoms with Crippen LogP contribution >= 0.6 is 0 Å². The summed E-state index contributed by atoms with van der Waals surface area (Å²) < 4.78 is 1.87. The van der Waals surface area contributed by atoms with Crippen molar-refractivity contribution >= 4 is 11.5 Å². The fourth-order valence-corrected chi connectivity index (χ4v) is 2.38. The van der Waals surface area contributed by atoms with E-state index >= 15 is 0 Å². The Morgan fingerprint density at radius 1 is 1.15 bits per heavy atom. The first kappa shape index (κ1) is 13.3. The SMILES string of the molecule is CN(C)C1CN(c2ccc3nnc(C(C)(C)C)n3n2)C1. The summed E-state index contributed by atoms with van der Waals surface area (Å²) in [7, 11) is 4.24. The summed E-state index contributed by atoms with van der Waals surface area (Å²) in [6.07, 6.45) is 0. The number of aromatic nitrogens is 4. The quantitative estimate of drug-likeness (QED) is 0.823. The number of hydrogen-bond acceptors (Lipinski definition) is 5. The Morgan fingerprint density at radius 3 is 2.45 bits per heavy atom. The van der Waals surface area contributed by atoms with Gasteiger partial charge in [-0.2, -0.15) is 4.52 Å². The summed E-state index contributed by atoms with van der Waals surface area (Å²) in [5.41, 5.74) is 0.745. The minimum absolute atomic E-state index is 0.0633. The maximum atomic E-state index is 4.72. The maximum Gasteiger partial charge on any atom is 0.178 e. The average Bonchev–Trinajstić information content (AvgIpc) is 2.68. The van der Waals surface area contributed by atoms with Crippen LogP contribution in [0.25, 0.3) is 5.65 Å². The van der Waals surface area contributed by atoms with Crippen LogP contribution in [0.1, 0.15) is 26.6 Å². The van der Waals surface area contributed by atoms with Gasteiger partial charge in [0.25, 0.3) is 0 Å². The Morgan fingerprint density at radius 2 is 1.85 bits per heavy atom. The number of nitrogens with zero attached hydrogens (tertiary/aromatic N) is 6. The molecule has 1 fully saturated rings. The molecule has 1 aliphatic heterocycles. The van der Waals surface area contributed by atoms with Crippen molar-refractivity contribution in [3.63, 3.8) is 0 Å². The van der Waals surface area contributed by atoms with Gasteiger partial charge in [0.2, 0.25) is 0 Å². The molecule has 108 valence electrons. The maximum absolute atomic E-state index is 4.72. The molecule has 6 nitrogen and oxygen atoms in total. The predicted molar refractivity (Wildman–Crippen MR) is 79.2 cm³/mol. The summed E-state index contributed by atoms with van der Waals surface area (Å²) in [5, 5.41) is 13.2. The van der Waals surface area contributed by atoms with Crippen molar-refractivity contribution in [1.29, 1.82) is 0 Å². The molecule has 3 rings (SSSR count). The number of hydrogen-bond donors (Lipinski definition) is 0. The highest BCUT2D eigenvalue weighted by molar-refractivity contribution is 5.48. The van der Waals surface area contributed by atoms with Crippen LogP contribution in [0.15, 0.2) is 12.1 Å². The van der Waals surface area contributed by atoms with Gasteiger partial charge in [-0.25, -0.2) is 0 Å². The largest absolute Gasteiger partial charge is 0.352 e. The van der Waals surface area contributed by atoms with Gasteiger partial charge < -0.3 is 9.80 Å². The lowest BCUT2D eigenvalue weighted by Gasteiger charge is -2.43. The second-order valence-electron chi connectivity index (χ2n) is 6.76. The van der Waals surface area contributed by atoms with Crippen molar-refractivity contribution in [2.24, 2.45) is 0 Å². The van der Waals surface area contributed by atoms with E-state index in [9.17, 15) is 0 Å². The number of likely N-dealkylation sites (N-methyl/N-ethyl adjacent to an activating group) is 1. The van der Waals surface area contributed by atoms with Gasteiger partial charge in [0.05, 0.1) is 0 Å². The van der Waals surface area contributed by atoms with Gasteiger partial charge in [-0.05, 0) is 26.2 Å². The summed E-state index contributed by atoms with van der Waals surface area (Å²) in [6, 6.07) is 4.64. The normalized spacial score (nSPS) is 17.0. The Hall–Kier alpha value is -1.69. The first-order valence-electron chi connectivity index (χ1n) is 7.00. The molecular weight excluding hydrogens is 252 g/mol. The Kier molecular flexibility index (Phi) is 2.93. The fraction of sp³-hybridized carbons (Fsp3) is 0.643. The molecule has 3 heterocycles. The molecular formula is C14H22N6. The molecule has 0 atom stereocenters. The van der Waals surface area contributed by atoms with Crippen LogP contribution in [0.2, 0.25) is 0 Å². The van der Waals surface area contributed by atoms with Crippen LogP contribution in [0, 0.1) is 0 Å². The molecule has 0 bridgehead atoms. The molecule has 0 aromatic carbocycles. The van der Waals surface area contributed by atoms with Crippen LogP contribution in [-0.4, -0.2) is 57.9 Å². The van der Waals surface area contributed by atoms with Gasteiger partial charge in [-0.3, -0.25) is 0 Å². The lowest BCUT2D eigenvalue weighted by atomic mass is 9.96. The van der Waals surface area contributed by atoms with E-state index in [1.807, 2.05) is 16.6 Å². The smallest absolute Gasteiger partial charge is 0.178 e. The third-order valence-corrected chi connectivity index (χ3v) is 3.84. The van der Waals surface area contributed by atoms with Crippen molar-refractivity contribution in [3.8, 4) is 0 Å². The topological polar surface area (TPSA) is 49.6 Å². The molecule has 2 aromatic rings. The summed E-state index contributed by atoms with van der Waals surface area (Å²) in [4.78, 5) is 4.55. The van der Waals surface area contributed by atoms with Crippen LogP contribution in [0.5, 0.6) is 0 Å². The second kappa shape index (κ2) is 4.41. The number of anilines is 1. The van der Waals surface area contributed by atoms with Crippen LogP contribution in [-0.2, 0) is 5.41 Å². The third-order valence-electron chi connectivity index (χ3n) is 3.84. The highest BCUT2D eigenvalue weighted by Gasteiger charge is 2.30. The minimum atomic E-state index is -0.0633. The van der Waals surface area contributed by atoms with Crippen LogP contribution in [0.4, 0.5) is 5.82 Å². The van der Waals surface area contributed by atoms with E-state index in [4.69, 9.17) is 5.10 Å². The zero-order valence-electron chi connectivity index (χ0n) is 12.8. The van der Waals surface area contributed by atoms with Crippen molar-refractivity contribution in [2.75, 3.05) is 32.1 Å². The molecule has 0 saturated carbocycles. The highest BCUT2D eigenvalue weighted by atomic mass is 15.4. The molecule has 20 heavy (non-hydrogen) atoms. The van der Waals surface area contributed by atoms with Gasteiger partial charge in [-0.1, -0.05) is 20.8 Å². The van der Waals surface area contributed by atoms with E-state index in [1.54, 1.807) is 0 Å². The summed E-state index contributed by atoms with van der Waals surface area (Å²) in [5.74, 6) is 1.90. The first-order chi connectivity index (χ1) is 9.36. The highest BCUT2D eigenvalue weighted by Crippen LogP contribution is 2.24. The van der Waals surface area contributed by atoms with Gasteiger partial charge in [0.15, 0.2) is 11.5 Å². The monoisotopic (exact) mass is 274 g/mol. The van der Waals surface area contributed by atoms with E-state index in [0.717, 1.165) is 30.4 Å². The van der Waals surface area contributed by atoms with Gasteiger partial charge >= 0.3 is 0 Å². The van der Waals surface area contributed by atoms with E-state index in [-0.39, 0.29) is 5.41 Å². The molecule has 0 aliphatic carbocycles. The number of fused-ring (bicyclic) bond motifs is 1. The van der Waals surface area contributed by atoms with Gasteiger partial charge in [-0.15, -0.1) is 15.3 Å². The number of rotatable bonds is 2. The van der Waals surface area contributed by atoms with Crippen LogP contribution < -0.4 is 4.90 Å². The average molecular weight is 274 g/mol. The molecule has 6 heteroatoms. The second-order valence-corrected chi connectivity index (χ2v) is 6.76. The van der Waals surface area contributed by atoms with Gasteiger partial charge in [0.1, 0.15) is 5.82 Å². The van der Waals surface area contributed by atoms with E-state index < -0.39 is 0 Å². The summed E-state index contributed by atoms with van der Waals surface area (Å²) >= 11 is 0. The Labute approximate surface area is 119 Å². The van der Waals surface area contributed by atoms with Crippen molar-refractivity contribution in [1.82, 2.24) is 24.7 Å². The fourth-order valence-electron chi connectivity index (χ4n) is 2.38. The van der Waals surface area contributed by atoms with Crippen molar-refractivity contribution < 1.29 is 0 Å². The van der Waals surface area contributed by atoms with Crippen molar-refractivity contribution in [3.05, 3.63) is 18.0 Å². The lowest BCUT2D eigenvalue weighted by molar-refractivity contribution is 0.245.